The van der Waals surface area contributed by atoms with Crippen molar-refractivity contribution in [3.63, 3.8) is 0 Å². The first-order chi connectivity index (χ1) is 8.50. The maximum absolute atomic E-state index is 11.3. The summed E-state index contributed by atoms with van der Waals surface area (Å²) in [6.07, 6.45) is 5.57. The average Bonchev–Trinajstić information content (AvgIpc) is 2.73. The van der Waals surface area contributed by atoms with Gasteiger partial charge >= 0.3 is 0 Å². The van der Waals surface area contributed by atoms with Gasteiger partial charge in [-0.05, 0) is 19.3 Å². The molecular formula is C11H17ClN2O3S. The molecule has 1 aromatic heterocycles. The molecular weight excluding hydrogens is 276 g/mol. The lowest BCUT2D eigenvalue weighted by Gasteiger charge is -2.23. The molecule has 18 heavy (non-hydrogen) atoms. The first-order valence-corrected chi connectivity index (χ1v) is 8.44. The number of aromatic nitrogens is 2. The minimum atomic E-state index is -3.76. The zero-order chi connectivity index (χ0) is 13.2. The first kappa shape index (κ1) is 13.8. The van der Waals surface area contributed by atoms with Crippen LogP contribution in [0.4, 0.5) is 0 Å². The second-order valence-electron chi connectivity index (χ2n) is 4.43. The molecule has 0 bridgehead atoms. The van der Waals surface area contributed by atoms with Crippen LogP contribution in [0, 0.1) is 0 Å². The Kier molecular flexibility index (Phi) is 4.29. The van der Waals surface area contributed by atoms with Gasteiger partial charge < -0.3 is 9.30 Å². The highest BCUT2D eigenvalue weighted by atomic mass is 35.7. The van der Waals surface area contributed by atoms with Crippen LogP contribution in [-0.4, -0.2) is 30.7 Å². The summed E-state index contributed by atoms with van der Waals surface area (Å²) in [5, 5.41) is -0.0724. The van der Waals surface area contributed by atoms with Gasteiger partial charge in [-0.1, -0.05) is 6.92 Å². The van der Waals surface area contributed by atoms with Crippen LogP contribution in [-0.2, 0) is 26.8 Å². The number of aryl methyl sites for hydroxylation is 1. The van der Waals surface area contributed by atoms with Gasteiger partial charge in [0.05, 0.1) is 12.6 Å². The van der Waals surface area contributed by atoms with Gasteiger partial charge in [0.2, 0.25) is 0 Å². The SMILES string of the molecule is CCc1nc(S(=O)(=O)Cl)cn1CC1CCCCO1. The molecule has 0 amide bonds. The summed E-state index contributed by atoms with van der Waals surface area (Å²) in [5.41, 5.74) is 0. The van der Waals surface area contributed by atoms with Gasteiger partial charge in [-0.3, -0.25) is 0 Å². The summed E-state index contributed by atoms with van der Waals surface area (Å²) in [6, 6.07) is 0. The standard InChI is InChI=1S/C11H17ClN2O3S/c1-2-10-13-11(18(12,15)16)8-14(10)7-9-5-3-4-6-17-9/h8-9H,2-7H2,1H3. The first-order valence-electron chi connectivity index (χ1n) is 6.13. The quantitative estimate of drug-likeness (QED) is 0.796. The smallest absolute Gasteiger partial charge is 0.280 e. The summed E-state index contributed by atoms with van der Waals surface area (Å²) in [5.74, 6) is 0.725. The Bertz CT molecular complexity index is 506. The molecule has 1 fully saturated rings. The maximum atomic E-state index is 11.3. The Labute approximate surface area is 112 Å². The third kappa shape index (κ3) is 3.24. The van der Waals surface area contributed by atoms with E-state index in [1.807, 2.05) is 11.5 Å². The predicted octanol–water partition coefficient (Wildman–Crippen LogP) is 1.94. The average molecular weight is 293 g/mol. The Hall–Kier alpha value is -0.590. The molecule has 1 saturated heterocycles. The van der Waals surface area contributed by atoms with E-state index in [0.717, 1.165) is 31.7 Å². The molecule has 0 saturated carbocycles. The van der Waals surface area contributed by atoms with Crippen molar-refractivity contribution in [3.05, 3.63) is 12.0 Å². The lowest BCUT2D eigenvalue weighted by Crippen LogP contribution is -2.25. The van der Waals surface area contributed by atoms with Gasteiger partial charge in [0.1, 0.15) is 5.82 Å². The number of ether oxygens (including phenoxy) is 1. The summed E-state index contributed by atoms with van der Waals surface area (Å²) in [6.45, 7) is 3.36. The van der Waals surface area contributed by atoms with E-state index in [-0.39, 0.29) is 11.1 Å². The second-order valence-corrected chi connectivity index (χ2v) is 6.94. The van der Waals surface area contributed by atoms with Crippen molar-refractivity contribution in [1.29, 1.82) is 0 Å². The molecule has 1 aliphatic rings. The number of halogens is 1. The molecule has 1 atom stereocenters. The fourth-order valence-corrected chi connectivity index (χ4v) is 2.85. The molecule has 0 N–H and O–H groups in total. The lowest BCUT2D eigenvalue weighted by atomic mass is 10.1. The lowest BCUT2D eigenvalue weighted by molar-refractivity contribution is 0.00553. The van der Waals surface area contributed by atoms with Crippen LogP contribution in [0.3, 0.4) is 0 Å². The monoisotopic (exact) mass is 292 g/mol. The summed E-state index contributed by atoms with van der Waals surface area (Å²) >= 11 is 0. The van der Waals surface area contributed by atoms with Crippen LogP contribution >= 0.6 is 10.7 Å². The fraction of sp³-hybridized carbons (Fsp3) is 0.727. The molecule has 7 heteroatoms. The summed E-state index contributed by atoms with van der Waals surface area (Å²) in [7, 11) is 1.55. The number of rotatable bonds is 4. The van der Waals surface area contributed by atoms with E-state index in [4.69, 9.17) is 15.4 Å². The van der Waals surface area contributed by atoms with Crippen molar-refractivity contribution >= 4 is 19.7 Å². The number of hydrogen-bond donors (Lipinski definition) is 0. The highest BCUT2D eigenvalue weighted by Gasteiger charge is 2.20. The van der Waals surface area contributed by atoms with Gasteiger partial charge in [0.25, 0.3) is 9.05 Å². The molecule has 0 radical (unpaired) electrons. The number of nitrogens with zero attached hydrogens (tertiary/aromatic N) is 2. The van der Waals surface area contributed by atoms with Crippen molar-refractivity contribution in [2.75, 3.05) is 6.61 Å². The predicted molar refractivity (Wildman–Crippen MR) is 68.2 cm³/mol. The van der Waals surface area contributed by atoms with E-state index in [9.17, 15) is 8.42 Å². The van der Waals surface area contributed by atoms with Crippen LogP contribution in [0.5, 0.6) is 0 Å². The minimum Gasteiger partial charge on any atom is -0.376 e. The third-order valence-corrected chi connectivity index (χ3v) is 4.25. The molecule has 1 unspecified atom stereocenters. The molecule has 2 rings (SSSR count). The largest absolute Gasteiger partial charge is 0.376 e. The van der Waals surface area contributed by atoms with E-state index in [1.165, 1.54) is 6.20 Å². The summed E-state index contributed by atoms with van der Waals surface area (Å²) < 4.78 is 30.0. The summed E-state index contributed by atoms with van der Waals surface area (Å²) in [4.78, 5) is 4.05. The van der Waals surface area contributed by atoms with Crippen LogP contribution in [0.25, 0.3) is 0 Å². The fourth-order valence-electron chi connectivity index (χ4n) is 2.16. The molecule has 2 heterocycles. The van der Waals surface area contributed by atoms with Gasteiger partial charge in [0, 0.05) is 29.9 Å². The van der Waals surface area contributed by atoms with Gasteiger partial charge in [-0.25, -0.2) is 13.4 Å². The molecule has 1 aromatic rings. The van der Waals surface area contributed by atoms with Crippen molar-refractivity contribution in [2.45, 2.75) is 50.3 Å². The van der Waals surface area contributed by atoms with E-state index in [0.29, 0.717) is 13.0 Å². The Morgan fingerprint density at radius 3 is 2.89 bits per heavy atom. The van der Waals surface area contributed by atoms with Crippen molar-refractivity contribution in [2.24, 2.45) is 0 Å². The van der Waals surface area contributed by atoms with E-state index in [1.54, 1.807) is 0 Å². The van der Waals surface area contributed by atoms with Crippen molar-refractivity contribution < 1.29 is 13.2 Å². The molecule has 102 valence electrons. The van der Waals surface area contributed by atoms with E-state index in [2.05, 4.69) is 4.98 Å². The van der Waals surface area contributed by atoms with Gasteiger partial charge in [-0.15, -0.1) is 0 Å². The van der Waals surface area contributed by atoms with Gasteiger partial charge in [-0.2, -0.15) is 0 Å². The van der Waals surface area contributed by atoms with Crippen molar-refractivity contribution in [3.8, 4) is 0 Å². The van der Waals surface area contributed by atoms with Crippen LogP contribution < -0.4 is 0 Å². The van der Waals surface area contributed by atoms with Gasteiger partial charge in [0.15, 0.2) is 5.03 Å². The molecule has 0 aliphatic carbocycles. The highest BCUT2D eigenvalue weighted by molar-refractivity contribution is 8.13. The third-order valence-electron chi connectivity index (χ3n) is 3.08. The Morgan fingerprint density at radius 2 is 2.33 bits per heavy atom. The zero-order valence-corrected chi connectivity index (χ0v) is 11.9. The molecule has 0 aromatic carbocycles. The second kappa shape index (κ2) is 5.59. The van der Waals surface area contributed by atoms with Crippen LogP contribution in [0.15, 0.2) is 11.2 Å². The normalized spacial score (nSPS) is 21.1. The number of imidazole rings is 1. The van der Waals surface area contributed by atoms with E-state index < -0.39 is 9.05 Å². The minimum absolute atomic E-state index is 0.0724. The molecule has 1 aliphatic heterocycles. The zero-order valence-electron chi connectivity index (χ0n) is 10.3. The topological polar surface area (TPSA) is 61.2 Å². The van der Waals surface area contributed by atoms with Crippen LogP contribution in [0.1, 0.15) is 32.0 Å². The van der Waals surface area contributed by atoms with E-state index >= 15 is 0 Å². The van der Waals surface area contributed by atoms with Crippen molar-refractivity contribution in [1.82, 2.24) is 9.55 Å². The number of hydrogen-bond acceptors (Lipinski definition) is 4. The van der Waals surface area contributed by atoms with Crippen LogP contribution in [0.2, 0.25) is 0 Å². The Balaban J connectivity index is 2.18. The highest BCUT2D eigenvalue weighted by Crippen LogP contribution is 2.19. The maximum Gasteiger partial charge on any atom is 0.280 e. The Morgan fingerprint density at radius 1 is 1.56 bits per heavy atom. The molecule has 5 nitrogen and oxygen atoms in total. The molecule has 0 spiro atoms.